The minimum atomic E-state index is -1.56. The number of carbonyl (C=O) groups is 1. The van der Waals surface area contributed by atoms with Gasteiger partial charge in [0.15, 0.2) is 0 Å². The number of carboxylic acids is 1. The zero-order valence-corrected chi connectivity index (χ0v) is 22.5. The number of aromatic carboxylic acids is 1. The Kier molecular flexibility index (Phi) is 9.13. The molecular weight excluding hydrogens is 535 g/mol. The van der Waals surface area contributed by atoms with Crippen molar-refractivity contribution >= 4 is 36.5 Å². The first-order valence-electron chi connectivity index (χ1n) is 11.9. The number of carboxylic acid groups (broad SMARTS) is 1. The molecule has 0 aromatic heterocycles. The summed E-state index contributed by atoms with van der Waals surface area (Å²) in [7, 11) is 0. The van der Waals surface area contributed by atoms with Crippen LogP contribution in [-0.2, 0) is 13.3 Å². The fourth-order valence-corrected chi connectivity index (χ4v) is 12.3. The zero-order chi connectivity index (χ0) is 24.3. The maximum atomic E-state index is 10.8. The Hall–Kier alpha value is -3.37. The Labute approximate surface area is 214 Å². The first-order valence-corrected chi connectivity index (χ1v) is 17.9. The molecule has 0 bridgehead atoms. The quantitative estimate of drug-likeness (QED) is 0.210. The number of fused-ring (bicyclic) bond motifs is 1. The van der Waals surface area contributed by atoms with Crippen molar-refractivity contribution < 1.29 is 9.90 Å². The van der Waals surface area contributed by atoms with Crippen molar-refractivity contribution in [3.05, 3.63) is 156 Å². The van der Waals surface area contributed by atoms with E-state index in [9.17, 15) is 4.79 Å². The van der Waals surface area contributed by atoms with E-state index in [2.05, 4.69) is 91.0 Å². The second kappa shape index (κ2) is 12.9. The molecule has 0 saturated heterocycles. The zero-order valence-electron chi connectivity index (χ0n) is 19.7. The maximum absolute atomic E-state index is 10.8. The second-order valence-electron chi connectivity index (χ2n) is 8.57. The molecule has 0 aliphatic rings. The molecule has 3 heteroatoms. The summed E-state index contributed by atoms with van der Waals surface area (Å²) in [6, 6.07) is 45.8. The summed E-state index contributed by atoms with van der Waals surface area (Å²) in [5.41, 5.74) is 4.91. The van der Waals surface area contributed by atoms with Gasteiger partial charge in [0.25, 0.3) is 0 Å². The van der Waals surface area contributed by atoms with Crippen LogP contribution >= 0.6 is 0 Å². The van der Waals surface area contributed by atoms with Gasteiger partial charge in [-0.15, -0.1) is 0 Å². The number of hydrogen-bond acceptors (Lipinski definition) is 1. The summed E-state index contributed by atoms with van der Waals surface area (Å²) < 4.78 is 3.98. The Bertz CT molecular complexity index is 1230. The van der Waals surface area contributed by atoms with Crippen LogP contribution in [-0.4, -0.2) is 30.8 Å². The van der Waals surface area contributed by atoms with Crippen LogP contribution in [0.4, 0.5) is 0 Å². The van der Waals surface area contributed by atoms with Crippen LogP contribution in [0, 0.1) is 0 Å². The number of benzene rings is 5. The number of hydrogen-bond donors (Lipinski definition) is 1. The third kappa shape index (κ3) is 7.56. The average molecular weight is 564 g/mol. The van der Waals surface area contributed by atoms with Gasteiger partial charge in [0.05, 0.1) is 5.56 Å². The minimum absolute atomic E-state index is 0.359. The van der Waals surface area contributed by atoms with Crippen molar-refractivity contribution in [3.8, 4) is 0 Å². The molecule has 0 aliphatic heterocycles. The Morgan fingerprint density at radius 1 is 0.514 bits per heavy atom. The molecule has 2 nitrogen and oxygen atoms in total. The fourth-order valence-electron chi connectivity index (χ4n) is 4.25. The van der Waals surface area contributed by atoms with Gasteiger partial charge in [-0.3, -0.25) is 0 Å². The van der Waals surface area contributed by atoms with E-state index < -0.39 is 25.7 Å². The molecule has 0 unspecified atom stereocenters. The van der Waals surface area contributed by atoms with Gasteiger partial charge in [-0.2, -0.15) is 0 Å². The van der Waals surface area contributed by atoms with Crippen LogP contribution in [0.2, 0.25) is 0 Å². The SMILES string of the molecule is O=C(O)c1cccc2ccccc12.c1ccc([CH2][Sn]([CH2]c2ccccc2)[CH2]c2ccccc2)cc1. The topological polar surface area (TPSA) is 37.3 Å². The van der Waals surface area contributed by atoms with Gasteiger partial charge in [0, 0.05) is 0 Å². The van der Waals surface area contributed by atoms with Gasteiger partial charge in [-0.05, 0) is 16.8 Å². The van der Waals surface area contributed by atoms with E-state index >= 15 is 0 Å². The molecule has 0 fully saturated rings. The van der Waals surface area contributed by atoms with Crippen molar-refractivity contribution in [2.24, 2.45) is 0 Å². The molecule has 5 rings (SSSR count). The van der Waals surface area contributed by atoms with Crippen molar-refractivity contribution in [2.45, 2.75) is 13.3 Å². The van der Waals surface area contributed by atoms with E-state index in [1.54, 1.807) is 12.1 Å². The van der Waals surface area contributed by atoms with Gasteiger partial charge in [-0.25, -0.2) is 4.79 Å². The standard InChI is InChI=1S/C11H8O2.3C7H7.Sn/c12-11(13)10-7-3-5-8-4-1-2-6-9(8)10;3*1-7-5-3-2-4-6-7;/h1-7H,(H,12,13);3*2-6H,1H2;. The van der Waals surface area contributed by atoms with Gasteiger partial charge in [-0.1, -0.05) is 36.4 Å². The Balaban J connectivity index is 0.000000189. The third-order valence-electron chi connectivity index (χ3n) is 5.91. The summed E-state index contributed by atoms with van der Waals surface area (Å²) in [4.78, 5) is 10.8. The van der Waals surface area contributed by atoms with E-state index in [0.717, 1.165) is 10.8 Å². The molecule has 0 amide bonds. The fraction of sp³-hybridized carbons (Fsp3) is 0.0938. The van der Waals surface area contributed by atoms with Crippen LogP contribution in [0.1, 0.15) is 27.0 Å². The summed E-state index contributed by atoms with van der Waals surface area (Å²) >= 11 is -1.56. The molecule has 5 aromatic carbocycles. The van der Waals surface area contributed by atoms with E-state index in [1.807, 2.05) is 30.3 Å². The van der Waals surface area contributed by atoms with Crippen molar-refractivity contribution in [3.63, 3.8) is 0 Å². The predicted octanol–water partition coefficient (Wildman–Crippen LogP) is 7.36. The molecule has 5 aromatic rings. The molecule has 35 heavy (non-hydrogen) atoms. The van der Waals surface area contributed by atoms with Gasteiger partial charge < -0.3 is 5.11 Å². The van der Waals surface area contributed by atoms with Crippen LogP contribution in [0.25, 0.3) is 10.8 Å². The molecule has 0 aliphatic carbocycles. The van der Waals surface area contributed by atoms with Gasteiger partial charge in [0.2, 0.25) is 0 Å². The Morgan fingerprint density at radius 3 is 1.37 bits per heavy atom. The molecule has 0 atom stereocenters. The second-order valence-corrected chi connectivity index (χ2v) is 15.9. The molecule has 0 saturated carbocycles. The predicted molar refractivity (Wildman–Crippen MR) is 147 cm³/mol. The summed E-state index contributed by atoms with van der Waals surface area (Å²) in [6.07, 6.45) is 0. The summed E-state index contributed by atoms with van der Waals surface area (Å²) in [5, 5.41) is 10.6. The normalized spacial score (nSPS) is 10.5. The van der Waals surface area contributed by atoms with Gasteiger partial charge >= 0.3 is 147 Å². The monoisotopic (exact) mass is 565 g/mol. The first kappa shape index (κ1) is 24.7. The van der Waals surface area contributed by atoms with Crippen molar-refractivity contribution in [1.29, 1.82) is 0 Å². The summed E-state index contributed by atoms with van der Waals surface area (Å²) in [5.74, 6) is -0.878. The van der Waals surface area contributed by atoms with Gasteiger partial charge in [0.1, 0.15) is 0 Å². The van der Waals surface area contributed by atoms with E-state index in [4.69, 9.17) is 5.11 Å². The van der Waals surface area contributed by atoms with E-state index in [-0.39, 0.29) is 0 Å². The Morgan fingerprint density at radius 2 is 0.914 bits per heavy atom. The molecular formula is C32H29O2Sn. The van der Waals surface area contributed by atoms with Crippen molar-refractivity contribution in [2.75, 3.05) is 0 Å². The average Bonchev–Trinajstić information content (AvgIpc) is 2.90. The van der Waals surface area contributed by atoms with E-state index in [1.165, 1.54) is 30.0 Å². The molecule has 1 N–H and O–H groups in total. The van der Waals surface area contributed by atoms with Crippen LogP contribution in [0.5, 0.6) is 0 Å². The molecule has 1 radical (unpaired) electrons. The molecule has 0 heterocycles. The van der Waals surface area contributed by atoms with Crippen molar-refractivity contribution in [1.82, 2.24) is 0 Å². The molecule has 173 valence electrons. The third-order valence-corrected chi connectivity index (χ3v) is 13.7. The van der Waals surface area contributed by atoms with Crippen LogP contribution < -0.4 is 0 Å². The van der Waals surface area contributed by atoms with E-state index in [0.29, 0.717) is 5.56 Å². The first-order chi connectivity index (χ1) is 17.2. The summed E-state index contributed by atoms with van der Waals surface area (Å²) in [6.45, 7) is 0. The van der Waals surface area contributed by atoms with Crippen LogP contribution in [0.3, 0.4) is 0 Å². The number of rotatable bonds is 7. The molecule has 0 spiro atoms. The van der Waals surface area contributed by atoms with Crippen LogP contribution in [0.15, 0.2) is 133 Å².